The van der Waals surface area contributed by atoms with E-state index in [9.17, 15) is 0 Å². The van der Waals surface area contributed by atoms with Crippen LogP contribution in [0.5, 0.6) is 0 Å². The maximum absolute atomic E-state index is 5.99. The number of benzene rings is 1. The molecule has 0 fully saturated rings. The van der Waals surface area contributed by atoms with Gasteiger partial charge in [-0.3, -0.25) is 0 Å². The Morgan fingerprint density at radius 2 is 1.94 bits per heavy atom. The second-order valence-electron chi connectivity index (χ2n) is 3.41. The molecule has 2 aromatic rings. The van der Waals surface area contributed by atoms with Crippen molar-refractivity contribution in [2.45, 2.75) is 6.04 Å². The van der Waals surface area contributed by atoms with Crippen LogP contribution < -0.4 is 11.1 Å². The van der Waals surface area contributed by atoms with Crippen LogP contribution in [-0.4, -0.2) is 0 Å². The van der Waals surface area contributed by atoms with Gasteiger partial charge >= 0.3 is 0 Å². The zero-order chi connectivity index (χ0) is 11.2. The second kappa shape index (κ2) is 5.49. The Morgan fingerprint density at radius 1 is 1.12 bits per heavy atom. The molecule has 1 atom stereocenters. The summed E-state index contributed by atoms with van der Waals surface area (Å²) in [5.74, 6) is 0. The smallest absolute Gasteiger partial charge is 0.0592 e. The zero-order valence-electron chi connectivity index (χ0n) is 8.84. The molecule has 0 saturated carbocycles. The largest absolute Gasteiger partial charge is 0.362 e. The molecule has 3 heteroatoms. The predicted molar refractivity (Wildman–Crippen MR) is 70.5 cm³/mol. The third-order valence-electron chi connectivity index (χ3n) is 2.20. The first kappa shape index (κ1) is 10.9. The van der Waals surface area contributed by atoms with E-state index in [1.54, 1.807) is 11.3 Å². The number of nitrogens with one attached hydrogen (secondary N) is 1. The summed E-state index contributed by atoms with van der Waals surface area (Å²) in [7, 11) is 0. The summed E-state index contributed by atoms with van der Waals surface area (Å²) in [5.41, 5.74) is 7.05. The Morgan fingerprint density at radius 3 is 2.62 bits per heavy atom. The lowest BCUT2D eigenvalue weighted by atomic mass is 10.2. The van der Waals surface area contributed by atoms with Crippen molar-refractivity contribution in [2.24, 2.45) is 5.73 Å². The molecule has 0 aliphatic rings. The SMILES string of the molecule is NC(/C=C\Nc1ccccc1)c1cccs1. The van der Waals surface area contributed by atoms with Crippen molar-refractivity contribution >= 4 is 17.0 Å². The number of hydrogen-bond donors (Lipinski definition) is 2. The molecule has 82 valence electrons. The first-order valence-electron chi connectivity index (χ1n) is 5.13. The molecule has 0 bridgehead atoms. The van der Waals surface area contributed by atoms with Crippen LogP contribution in [0.15, 0.2) is 60.1 Å². The number of rotatable bonds is 4. The summed E-state index contributed by atoms with van der Waals surface area (Å²) in [5, 5.41) is 5.22. The van der Waals surface area contributed by atoms with Gasteiger partial charge in [-0.05, 0) is 35.9 Å². The predicted octanol–water partition coefficient (Wildman–Crippen LogP) is 3.37. The van der Waals surface area contributed by atoms with Crippen molar-refractivity contribution in [3.05, 3.63) is 65.0 Å². The molecule has 16 heavy (non-hydrogen) atoms. The Labute approximate surface area is 99.4 Å². The molecule has 0 radical (unpaired) electrons. The van der Waals surface area contributed by atoms with Gasteiger partial charge < -0.3 is 11.1 Å². The van der Waals surface area contributed by atoms with Gasteiger partial charge in [0.15, 0.2) is 0 Å². The van der Waals surface area contributed by atoms with Gasteiger partial charge in [-0.25, -0.2) is 0 Å². The summed E-state index contributed by atoms with van der Waals surface area (Å²) >= 11 is 1.67. The van der Waals surface area contributed by atoms with Crippen molar-refractivity contribution in [1.82, 2.24) is 0 Å². The highest BCUT2D eigenvalue weighted by atomic mass is 32.1. The Kier molecular flexibility index (Phi) is 3.75. The number of para-hydroxylation sites is 1. The minimum Gasteiger partial charge on any atom is -0.362 e. The van der Waals surface area contributed by atoms with Crippen molar-refractivity contribution in [3.8, 4) is 0 Å². The van der Waals surface area contributed by atoms with E-state index in [0.717, 1.165) is 5.69 Å². The Hall–Kier alpha value is -1.58. The van der Waals surface area contributed by atoms with Crippen LogP contribution in [0.1, 0.15) is 10.9 Å². The minimum absolute atomic E-state index is 0.0313. The quantitative estimate of drug-likeness (QED) is 0.845. The summed E-state index contributed by atoms with van der Waals surface area (Å²) < 4.78 is 0. The fraction of sp³-hybridized carbons (Fsp3) is 0.0769. The van der Waals surface area contributed by atoms with Gasteiger partial charge in [-0.15, -0.1) is 11.3 Å². The van der Waals surface area contributed by atoms with Gasteiger partial charge in [0.25, 0.3) is 0 Å². The lowest BCUT2D eigenvalue weighted by Gasteiger charge is -2.03. The summed E-state index contributed by atoms with van der Waals surface area (Å²) in [6.45, 7) is 0. The number of hydrogen-bond acceptors (Lipinski definition) is 3. The molecule has 0 spiro atoms. The molecule has 1 aromatic heterocycles. The van der Waals surface area contributed by atoms with Crippen LogP contribution >= 0.6 is 11.3 Å². The van der Waals surface area contributed by atoms with Crippen LogP contribution in [0.25, 0.3) is 0 Å². The van der Waals surface area contributed by atoms with Gasteiger partial charge in [-0.2, -0.15) is 0 Å². The summed E-state index contributed by atoms with van der Waals surface area (Å²) in [6.07, 6.45) is 3.85. The van der Waals surface area contributed by atoms with E-state index in [1.807, 2.05) is 60.1 Å². The van der Waals surface area contributed by atoms with Crippen molar-refractivity contribution in [2.75, 3.05) is 5.32 Å². The average Bonchev–Trinajstić information content (AvgIpc) is 2.84. The van der Waals surface area contributed by atoms with Crippen molar-refractivity contribution in [3.63, 3.8) is 0 Å². The standard InChI is InChI=1S/C13H14N2S/c14-12(13-7-4-10-16-13)8-9-15-11-5-2-1-3-6-11/h1-10,12,15H,14H2/b9-8-. The minimum atomic E-state index is -0.0313. The highest BCUT2D eigenvalue weighted by Gasteiger charge is 2.00. The van der Waals surface area contributed by atoms with Gasteiger partial charge in [0.05, 0.1) is 6.04 Å². The van der Waals surface area contributed by atoms with Crippen LogP contribution in [0.4, 0.5) is 5.69 Å². The topological polar surface area (TPSA) is 38.0 Å². The van der Waals surface area contributed by atoms with Crippen LogP contribution in [0.2, 0.25) is 0 Å². The monoisotopic (exact) mass is 230 g/mol. The van der Waals surface area contributed by atoms with Gasteiger partial charge in [0.2, 0.25) is 0 Å². The molecule has 0 aliphatic heterocycles. The van der Waals surface area contributed by atoms with Gasteiger partial charge in [0, 0.05) is 10.6 Å². The molecular weight excluding hydrogens is 216 g/mol. The number of nitrogens with two attached hydrogens (primary N) is 1. The van der Waals surface area contributed by atoms with Crippen LogP contribution in [-0.2, 0) is 0 Å². The maximum Gasteiger partial charge on any atom is 0.0592 e. The van der Waals surface area contributed by atoms with E-state index < -0.39 is 0 Å². The summed E-state index contributed by atoms with van der Waals surface area (Å²) in [6, 6.07) is 14.0. The summed E-state index contributed by atoms with van der Waals surface area (Å²) in [4.78, 5) is 1.17. The third kappa shape index (κ3) is 2.95. The maximum atomic E-state index is 5.99. The molecule has 0 amide bonds. The number of anilines is 1. The van der Waals surface area contributed by atoms with Crippen LogP contribution in [0.3, 0.4) is 0 Å². The number of thiophene rings is 1. The molecule has 0 saturated heterocycles. The van der Waals surface area contributed by atoms with E-state index >= 15 is 0 Å². The molecule has 1 aromatic carbocycles. The van der Waals surface area contributed by atoms with Crippen molar-refractivity contribution < 1.29 is 0 Å². The van der Waals surface area contributed by atoms with E-state index in [4.69, 9.17) is 5.73 Å². The third-order valence-corrected chi connectivity index (χ3v) is 3.17. The second-order valence-corrected chi connectivity index (χ2v) is 4.39. The van der Waals surface area contributed by atoms with Gasteiger partial charge in [0.1, 0.15) is 0 Å². The fourth-order valence-corrected chi connectivity index (χ4v) is 2.07. The Balaban J connectivity index is 1.91. The first-order chi connectivity index (χ1) is 7.86. The molecule has 2 rings (SSSR count). The average molecular weight is 230 g/mol. The molecule has 1 heterocycles. The van der Waals surface area contributed by atoms with Crippen molar-refractivity contribution in [1.29, 1.82) is 0 Å². The lowest BCUT2D eigenvalue weighted by Crippen LogP contribution is -2.05. The lowest BCUT2D eigenvalue weighted by molar-refractivity contribution is 0.935. The van der Waals surface area contributed by atoms with E-state index in [2.05, 4.69) is 5.32 Å². The molecule has 1 unspecified atom stereocenters. The normalized spacial score (nSPS) is 12.8. The van der Waals surface area contributed by atoms with E-state index in [1.165, 1.54) is 4.88 Å². The first-order valence-corrected chi connectivity index (χ1v) is 6.01. The molecule has 0 aliphatic carbocycles. The molecule has 3 N–H and O–H groups in total. The fourth-order valence-electron chi connectivity index (χ4n) is 1.36. The highest BCUT2D eigenvalue weighted by Crippen LogP contribution is 2.17. The van der Waals surface area contributed by atoms with E-state index in [-0.39, 0.29) is 6.04 Å². The molecular formula is C13H14N2S. The highest BCUT2D eigenvalue weighted by molar-refractivity contribution is 7.10. The molecule has 2 nitrogen and oxygen atoms in total. The zero-order valence-corrected chi connectivity index (χ0v) is 9.65. The van der Waals surface area contributed by atoms with E-state index in [0.29, 0.717) is 0 Å². The van der Waals surface area contributed by atoms with Crippen LogP contribution in [0, 0.1) is 0 Å². The van der Waals surface area contributed by atoms with Gasteiger partial charge in [-0.1, -0.05) is 24.3 Å². The Bertz CT molecular complexity index is 434.